The highest BCUT2D eigenvalue weighted by Gasteiger charge is 1.94. The van der Waals surface area contributed by atoms with Crippen molar-refractivity contribution < 1.29 is 9.53 Å². The third kappa shape index (κ3) is 5.47. The van der Waals surface area contributed by atoms with Gasteiger partial charge in [0.25, 0.3) is 0 Å². The molecule has 0 aliphatic rings. The molecule has 11 heavy (non-hydrogen) atoms. The summed E-state index contributed by atoms with van der Waals surface area (Å²) in [4.78, 5) is 10.7. The van der Waals surface area contributed by atoms with Crippen molar-refractivity contribution >= 4 is 5.97 Å². The standard InChI is InChI=1S/C9H14O2/c1-4-8(3)6-7-9(10)11-5-2/h8H,4-5H2,1-3H3. The van der Waals surface area contributed by atoms with Crippen LogP contribution in [0.4, 0.5) is 0 Å². The minimum Gasteiger partial charge on any atom is -0.456 e. The molecule has 62 valence electrons. The summed E-state index contributed by atoms with van der Waals surface area (Å²) >= 11 is 0. The lowest BCUT2D eigenvalue weighted by Gasteiger charge is -1.94. The van der Waals surface area contributed by atoms with Crippen molar-refractivity contribution in [1.29, 1.82) is 0 Å². The van der Waals surface area contributed by atoms with E-state index in [9.17, 15) is 4.79 Å². The van der Waals surface area contributed by atoms with Crippen LogP contribution >= 0.6 is 0 Å². The molecule has 0 aliphatic heterocycles. The van der Waals surface area contributed by atoms with Crippen LogP contribution in [0.3, 0.4) is 0 Å². The fourth-order valence-electron chi connectivity index (χ4n) is 0.451. The van der Waals surface area contributed by atoms with Crippen LogP contribution in [0.15, 0.2) is 0 Å². The smallest absolute Gasteiger partial charge is 0.384 e. The van der Waals surface area contributed by atoms with Gasteiger partial charge in [-0.3, -0.25) is 0 Å². The molecule has 0 radical (unpaired) electrons. The first-order valence-electron chi connectivity index (χ1n) is 3.89. The second kappa shape index (κ2) is 5.79. The number of esters is 1. The number of hydrogen-bond acceptors (Lipinski definition) is 2. The second-order valence-corrected chi connectivity index (χ2v) is 2.30. The van der Waals surface area contributed by atoms with Crippen LogP contribution in [0.2, 0.25) is 0 Å². The molecular weight excluding hydrogens is 140 g/mol. The van der Waals surface area contributed by atoms with Gasteiger partial charge in [0.2, 0.25) is 0 Å². The molecule has 0 bridgehead atoms. The highest BCUT2D eigenvalue weighted by atomic mass is 16.5. The fourth-order valence-corrected chi connectivity index (χ4v) is 0.451. The molecule has 0 aromatic carbocycles. The first-order valence-corrected chi connectivity index (χ1v) is 3.89. The molecule has 0 aromatic rings. The molecule has 0 saturated carbocycles. The van der Waals surface area contributed by atoms with Gasteiger partial charge in [-0.2, -0.15) is 0 Å². The maximum absolute atomic E-state index is 10.7. The average molecular weight is 154 g/mol. The van der Waals surface area contributed by atoms with Gasteiger partial charge in [-0.1, -0.05) is 19.8 Å². The summed E-state index contributed by atoms with van der Waals surface area (Å²) in [6, 6.07) is 0. The number of carbonyl (C=O) groups excluding carboxylic acids is 1. The first kappa shape index (κ1) is 10.0. The van der Waals surface area contributed by atoms with E-state index in [2.05, 4.69) is 16.6 Å². The summed E-state index contributed by atoms with van der Waals surface area (Å²) in [6.07, 6.45) is 0.965. The summed E-state index contributed by atoms with van der Waals surface area (Å²) in [7, 11) is 0. The van der Waals surface area contributed by atoms with Gasteiger partial charge >= 0.3 is 5.97 Å². The van der Waals surface area contributed by atoms with Crippen LogP contribution in [0, 0.1) is 17.8 Å². The van der Waals surface area contributed by atoms with Crippen LogP contribution in [0.5, 0.6) is 0 Å². The van der Waals surface area contributed by atoms with E-state index in [0.29, 0.717) is 6.61 Å². The molecular formula is C9H14O2. The third-order valence-corrected chi connectivity index (χ3v) is 1.31. The monoisotopic (exact) mass is 154 g/mol. The summed E-state index contributed by atoms with van der Waals surface area (Å²) in [6.45, 7) is 6.17. The minimum atomic E-state index is -0.423. The molecule has 1 atom stereocenters. The maximum atomic E-state index is 10.7. The predicted octanol–water partition coefficient (Wildman–Crippen LogP) is 1.60. The second-order valence-electron chi connectivity index (χ2n) is 2.30. The van der Waals surface area contributed by atoms with Gasteiger partial charge in [0.1, 0.15) is 0 Å². The SMILES string of the molecule is CCOC(=O)C#CC(C)CC. The zero-order valence-electron chi connectivity index (χ0n) is 7.31. The van der Waals surface area contributed by atoms with Crippen molar-refractivity contribution in [1.82, 2.24) is 0 Å². The van der Waals surface area contributed by atoms with Gasteiger partial charge in [-0.05, 0) is 13.3 Å². The first-order chi connectivity index (χ1) is 5.20. The van der Waals surface area contributed by atoms with E-state index in [4.69, 9.17) is 0 Å². The Morgan fingerprint density at radius 2 is 2.18 bits per heavy atom. The van der Waals surface area contributed by atoms with Crippen molar-refractivity contribution in [3.05, 3.63) is 0 Å². The van der Waals surface area contributed by atoms with Crippen LogP contribution in [-0.4, -0.2) is 12.6 Å². The van der Waals surface area contributed by atoms with E-state index in [0.717, 1.165) is 6.42 Å². The lowest BCUT2D eigenvalue weighted by atomic mass is 10.1. The van der Waals surface area contributed by atoms with Crippen LogP contribution in [0.25, 0.3) is 0 Å². The Kier molecular flexibility index (Phi) is 5.28. The maximum Gasteiger partial charge on any atom is 0.384 e. The van der Waals surface area contributed by atoms with Crippen molar-refractivity contribution in [2.24, 2.45) is 5.92 Å². The average Bonchev–Trinajstić information content (AvgIpc) is 2.01. The molecule has 0 spiro atoms. The molecule has 1 unspecified atom stereocenters. The van der Waals surface area contributed by atoms with E-state index in [1.807, 2.05) is 13.8 Å². The quantitative estimate of drug-likeness (QED) is 0.343. The van der Waals surface area contributed by atoms with Gasteiger partial charge in [-0.15, -0.1) is 0 Å². The van der Waals surface area contributed by atoms with Crippen molar-refractivity contribution in [2.45, 2.75) is 27.2 Å². The Morgan fingerprint density at radius 3 is 2.64 bits per heavy atom. The van der Waals surface area contributed by atoms with Gasteiger partial charge in [0.05, 0.1) is 6.61 Å². The third-order valence-electron chi connectivity index (χ3n) is 1.31. The highest BCUT2D eigenvalue weighted by Crippen LogP contribution is 1.96. The number of rotatable bonds is 2. The number of carbonyl (C=O) groups is 1. The largest absolute Gasteiger partial charge is 0.456 e. The molecule has 0 aliphatic carbocycles. The lowest BCUT2D eigenvalue weighted by molar-refractivity contribution is -0.136. The Balaban J connectivity index is 3.76. The highest BCUT2D eigenvalue weighted by molar-refractivity contribution is 5.88. The van der Waals surface area contributed by atoms with Gasteiger partial charge in [-0.25, -0.2) is 4.79 Å². The molecule has 0 saturated heterocycles. The van der Waals surface area contributed by atoms with Gasteiger partial charge in [0.15, 0.2) is 0 Å². The van der Waals surface area contributed by atoms with Gasteiger partial charge < -0.3 is 4.74 Å². The molecule has 0 heterocycles. The van der Waals surface area contributed by atoms with Crippen molar-refractivity contribution in [3.8, 4) is 11.8 Å². The Hall–Kier alpha value is -0.970. The van der Waals surface area contributed by atoms with Crippen molar-refractivity contribution in [2.75, 3.05) is 6.61 Å². The normalized spacial score (nSPS) is 11.2. The molecule has 0 rings (SSSR count). The summed E-state index contributed by atoms with van der Waals surface area (Å²) < 4.78 is 4.62. The van der Waals surface area contributed by atoms with E-state index in [1.54, 1.807) is 6.92 Å². The number of hydrogen-bond donors (Lipinski definition) is 0. The minimum absolute atomic E-state index is 0.277. The molecule has 0 fully saturated rings. The number of ether oxygens (including phenoxy) is 1. The van der Waals surface area contributed by atoms with E-state index >= 15 is 0 Å². The van der Waals surface area contributed by atoms with E-state index < -0.39 is 5.97 Å². The Morgan fingerprint density at radius 1 is 1.55 bits per heavy atom. The van der Waals surface area contributed by atoms with Crippen LogP contribution in [-0.2, 0) is 9.53 Å². The van der Waals surface area contributed by atoms with Gasteiger partial charge in [0, 0.05) is 11.8 Å². The summed E-state index contributed by atoms with van der Waals surface area (Å²) in [5.41, 5.74) is 0. The summed E-state index contributed by atoms with van der Waals surface area (Å²) in [5.74, 6) is 5.07. The lowest BCUT2D eigenvalue weighted by Crippen LogP contribution is -2.00. The molecule has 0 amide bonds. The van der Waals surface area contributed by atoms with E-state index in [1.165, 1.54) is 0 Å². The molecule has 0 N–H and O–H groups in total. The summed E-state index contributed by atoms with van der Waals surface area (Å²) in [5, 5.41) is 0. The Labute approximate surface area is 67.9 Å². The van der Waals surface area contributed by atoms with Crippen molar-refractivity contribution in [3.63, 3.8) is 0 Å². The van der Waals surface area contributed by atoms with Crippen LogP contribution in [0.1, 0.15) is 27.2 Å². The van der Waals surface area contributed by atoms with E-state index in [-0.39, 0.29) is 5.92 Å². The molecule has 2 nitrogen and oxygen atoms in total. The predicted molar refractivity (Wildman–Crippen MR) is 43.9 cm³/mol. The molecule has 0 aromatic heterocycles. The fraction of sp³-hybridized carbons (Fsp3) is 0.667. The van der Waals surface area contributed by atoms with Crippen LogP contribution < -0.4 is 0 Å². The molecule has 2 heteroatoms. The Bertz CT molecular complexity index is 174. The zero-order chi connectivity index (χ0) is 8.69. The zero-order valence-corrected chi connectivity index (χ0v) is 7.31. The topological polar surface area (TPSA) is 26.3 Å².